The van der Waals surface area contributed by atoms with Crippen LogP contribution in [-0.4, -0.2) is 37.8 Å². The number of nitrogens with one attached hydrogen (secondary N) is 1. The Balaban J connectivity index is 2.51. The van der Waals surface area contributed by atoms with Gasteiger partial charge in [-0.2, -0.15) is 0 Å². The van der Waals surface area contributed by atoms with E-state index in [0.717, 1.165) is 5.41 Å². The summed E-state index contributed by atoms with van der Waals surface area (Å²) in [7, 11) is -3.13. The molecule has 0 bridgehead atoms. The van der Waals surface area contributed by atoms with E-state index in [1.54, 1.807) is 0 Å². The minimum Gasteiger partial charge on any atom is -0.387 e. The van der Waals surface area contributed by atoms with E-state index >= 15 is 0 Å². The van der Waals surface area contributed by atoms with Crippen LogP contribution < -0.4 is 5.32 Å². The lowest BCUT2D eigenvalue weighted by Gasteiger charge is -2.07. The first-order valence-corrected chi connectivity index (χ1v) is 5.06. The number of rotatable bonds is 2. The highest BCUT2D eigenvalue weighted by molar-refractivity contribution is 7.94. The Kier molecular flexibility index (Phi) is 2.49. The Morgan fingerprint density at radius 2 is 2.33 bits per heavy atom. The first-order valence-electron chi connectivity index (χ1n) is 3.35. The zero-order valence-corrected chi connectivity index (χ0v) is 7.04. The first kappa shape index (κ1) is 9.21. The highest BCUT2D eigenvalue weighted by Crippen LogP contribution is 2.07. The van der Waals surface area contributed by atoms with Gasteiger partial charge in [0.1, 0.15) is 6.61 Å². The molecule has 1 aliphatic heterocycles. The minimum atomic E-state index is -3.13. The molecule has 1 atom stereocenters. The molecule has 0 saturated carbocycles. The van der Waals surface area contributed by atoms with Crippen LogP contribution in [0.2, 0.25) is 0 Å². The van der Waals surface area contributed by atoms with Crippen LogP contribution in [0.5, 0.6) is 0 Å². The number of hydrogen-bond donors (Lipinski definition) is 2. The molecule has 0 saturated heterocycles. The van der Waals surface area contributed by atoms with E-state index in [1.807, 2.05) is 0 Å². The molecular formula is C6H9NO4S. The first-order chi connectivity index (χ1) is 5.53. The van der Waals surface area contributed by atoms with Crippen molar-refractivity contribution in [3.8, 4) is 0 Å². The number of aliphatic hydroxyl groups excluding tert-OH is 1. The third kappa shape index (κ3) is 2.31. The van der Waals surface area contributed by atoms with Gasteiger partial charge < -0.3 is 10.4 Å². The van der Waals surface area contributed by atoms with Crippen molar-refractivity contribution in [3.05, 3.63) is 11.5 Å². The topological polar surface area (TPSA) is 83.5 Å². The molecule has 2 N–H and O–H groups in total. The fraction of sp³-hybridized carbons (Fsp3) is 0.500. The average molecular weight is 191 g/mol. The van der Waals surface area contributed by atoms with Crippen LogP contribution in [0.4, 0.5) is 0 Å². The monoisotopic (exact) mass is 191 g/mol. The Morgan fingerprint density at radius 3 is 2.75 bits per heavy atom. The second-order valence-corrected chi connectivity index (χ2v) is 4.42. The summed E-state index contributed by atoms with van der Waals surface area (Å²) in [6, 6.07) is -0.491. The summed E-state index contributed by atoms with van der Waals surface area (Å²) in [6.45, 7) is -0.621. The fourth-order valence-corrected chi connectivity index (χ4v) is 2.15. The smallest absolute Gasteiger partial charge is 0.246 e. The summed E-state index contributed by atoms with van der Waals surface area (Å²) < 4.78 is 21.6. The lowest BCUT2D eigenvalue weighted by Crippen LogP contribution is -2.37. The summed E-state index contributed by atoms with van der Waals surface area (Å²) >= 11 is 0. The van der Waals surface area contributed by atoms with Gasteiger partial charge in [-0.15, -0.1) is 0 Å². The number of amides is 1. The van der Waals surface area contributed by atoms with E-state index in [1.165, 1.54) is 6.08 Å². The standard InChI is InChI=1S/C6H9NO4S/c8-3-6(9)7-5-1-2-12(10,11)4-5/h1-2,5,8H,3-4H2,(H,7,9). The number of sulfone groups is 1. The molecule has 1 unspecified atom stereocenters. The normalized spacial score (nSPS) is 25.6. The van der Waals surface area contributed by atoms with Crippen molar-refractivity contribution in [1.29, 1.82) is 0 Å². The average Bonchev–Trinajstić information content (AvgIpc) is 2.30. The maximum atomic E-state index is 10.8. The second kappa shape index (κ2) is 3.24. The molecule has 68 valence electrons. The molecule has 0 aromatic carbocycles. The SMILES string of the molecule is O=C(CO)NC1C=CS(=O)(=O)C1. The van der Waals surface area contributed by atoms with Crippen LogP contribution in [0.1, 0.15) is 0 Å². The van der Waals surface area contributed by atoms with Crippen molar-refractivity contribution >= 4 is 15.7 Å². The van der Waals surface area contributed by atoms with Gasteiger partial charge in [0.15, 0.2) is 9.84 Å². The maximum absolute atomic E-state index is 10.8. The van der Waals surface area contributed by atoms with Gasteiger partial charge in [-0.25, -0.2) is 8.42 Å². The third-order valence-electron chi connectivity index (χ3n) is 1.42. The highest BCUT2D eigenvalue weighted by atomic mass is 32.2. The zero-order chi connectivity index (χ0) is 9.19. The largest absolute Gasteiger partial charge is 0.387 e. The van der Waals surface area contributed by atoms with Gasteiger partial charge >= 0.3 is 0 Å². The number of hydrogen-bond acceptors (Lipinski definition) is 4. The van der Waals surface area contributed by atoms with Crippen LogP contribution >= 0.6 is 0 Å². The molecule has 0 aromatic rings. The molecular weight excluding hydrogens is 182 g/mol. The molecule has 0 fully saturated rings. The lowest BCUT2D eigenvalue weighted by molar-refractivity contribution is -0.124. The van der Waals surface area contributed by atoms with Crippen LogP contribution in [0.25, 0.3) is 0 Å². The van der Waals surface area contributed by atoms with E-state index in [-0.39, 0.29) is 5.75 Å². The molecule has 12 heavy (non-hydrogen) atoms. The molecule has 0 aromatic heterocycles. The number of carbonyl (C=O) groups excluding carboxylic acids is 1. The molecule has 5 nitrogen and oxygen atoms in total. The summed E-state index contributed by atoms with van der Waals surface area (Å²) in [5.41, 5.74) is 0. The van der Waals surface area contributed by atoms with E-state index in [9.17, 15) is 13.2 Å². The van der Waals surface area contributed by atoms with Gasteiger partial charge in [-0.1, -0.05) is 0 Å². The molecule has 1 heterocycles. The van der Waals surface area contributed by atoms with Crippen molar-refractivity contribution in [2.24, 2.45) is 0 Å². The minimum absolute atomic E-state index is 0.112. The third-order valence-corrected chi connectivity index (χ3v) is 2.82. The summed E-state index contributed by atoms with van der Waals surface area (Å²) in [5.74, 6) is -0.680. The van der Waals surface area contributed by atoms with Gasteiger partial charge in [0.05, 0.1) is 11.8 Å². The Morgan fingerprint density at radius 1 is 1.67 bits per heavy atom. The molecule has 0 spiro atoms. The van der Waals surface area contributed by atoms with E-state index in [2.05, 4.69) is 5.32 Å². The van der Waals surface area contributed by atoms with E-state index < -0.39 is 28.4 Å². The van der Waals surface area contributed by atoms with Gasteiger partial charge in [0.25, 0.3) is 0 Å². The van der Waals surface area contributed by atoms with Crippen LogP contribution in [0.15, 0.2) is 11.5 Å². The van der Waals surface area contributed by atoms with Crippen molar-refractivity contribution < 1.29 is 18.3 Å². The van der Waals surface area contributed by atoms with Crippen molar-refractivity contribution in [1.82, 2.24) is 5.32 Å². The molecule has 6 heteroatoms. The highest BCUT2D eigenvalue weighted by Gasteiger charge is 2.22. The molecule has 1 aliphatic rings. The molecule has 1 amide bonds. The molecule has 0 aliphatic carbocycles. The van der Waals surface area contributed by atoms with Gasteiger partial charge in [0, 0.05) is 5.41 Å². The lowest BCUT2D eigenvalue weighted by atomic mass is 10.3. The van der Waals surface area contributed by atoms with Crippen molar-refractivity contribution in [3.63, 3.8) is 0 Å². The maximum Gasteiger partial charge on any atom is 0.246 e. The summed E-state index contributed by atoms with van der Waals surface area (Å²) in [4.78, 5) is 10.6. The van der Waals surface area contributed by atoms with E-state index in [0.29, 0.717) is 0 Å². The second-order valence-electron chi connectivity index (χ2n) is 2.49. The van der Waals surface area contributed by atoms with E-state index in [4.69, 9.17) is 5.11 Å². The van der Waals surface area contributed by atoms with Gasteiger partial charge in [-0.05, 0) is 6.08 Å². The summed E-state index contributed by atoms with van der Waals surface area (Å²) in [6.07, 6.45) is 1.39. The Bertz CT molecular complexity index is 306. The zero-order valence-electron chi connectivity index (χ0n) is 6.23. The van der Waals surface area contributed by atoms with Gasteiger partial charge in [0.2, 0.25) is 5.91 Å². The quantitative estimate of drug-likeness (QED) is 0.551. The van der Waals surface area contributed by atoms with Gasteiger partial charge in [-0.3, -0.25) is 4.79 Å². The number of aliphatic hydroxyl groups is 1. The van der Waals surface area contributed by atoms with Crippen LogP contribution in [0.3, 0.4) is 0 Å². The van der Waals surface area contributed by atoms with Crippen molar-refractivity contribution in [2.45, 2.75) is 6.04 Å². The Labute approximate surface area is 70.0 Å². The molecule has 0 radical (unpaired) electrons. The van der Waals surface area contributed by atoms with Crippen LogP contribution in [0, 0.1) is 0 Å². The molecule has 1 rings (SSSR count). The number of carbonyl (C=O) groups is 1. The Hall–Kier alpha value is -0.880. The van der Waals surface area contributed by atoms with Crippen molar-refractivity contribution in [2.75, 3.05) is 12.4 Å². The van der Waals surface area contributed by atoms with Crippen LogP contribution in [-0.2, 0) is 14.6 Å². The fourth-order valence-electron chi connectivity index (χ4n) is 0.918. The predicted octanol–water partition coefficient (Wildman–Crippen LogP) is -1.59. The summed E-state index contributed by atoms with van der Waals surface area (Å²) in [5, 5.41) is 11.7. The predicted molar refractivity (Wildman–Crippen MR) is 41.9 cm³/mol.